The van der Waals surface area contributed by atoms with Gasteiger partial charge in [-0.3, -0.25) is 4.79 Å². The van der Waals surface area contributed by atoms with Gasteiger partial charge in [-0.15, -0.1) is 0 Å². The van der Waals surface area contributed by atoms with Gasteiger partial charge in [0.2, 0.25) is 0 Å². The average Bonchev–Trinajstić information content (AvgIpc) is 3.13. The monoisotopic (exact) mass is 388 g/mol. The maximum atomic E-state index is 13.2. The van der Waals surface area contributed by atoms with Gasteiger partial charge in [-0.1, -0.05) is 23.7 Å². The molecule has 1 aromatic heterocycles. The van der Waals surface area contributed by atoms with E-state index in [0.29, 0.717) is 18.8 Å². The van der Waals surface area contributed by atoms with Gasteiger partial charge in [0.25, 0.3) is 5.91 Å². The molecule has 0 unspecified atom stereocenters. The lowest BCUT2D eigenvalue weighted by atomic mass is 9.97. The van der Waals surface area contributed by atoms with E-state index < -0.39 is 5.82 Å². The van der Waals surface area contributed by atoms with Crippen molar-refractivity contribution in [1.82, 2.24) is 9.88 Å². The number of oxazole rings is 1. The van der Waals surface area contributed by atoms with Crippen LogP contribution >= 0.6 is 11.6 Å². The number of rotatable bonds is 4. The van der Waals surface area contributed by atoms with Gasteiger partial charge in [0.15, 0.2) is 18.1 Å². The molecule has 0 saturated carbocycles. The molecule has 2 heterocycles. The molecule has 1 amide bonds. The zero-order valence-electron chi connectivity index (χ0n) is 14.5. The predicted molar refractivity (Wildman–Crippen MR) is 99.5 cm³/mol. The molecule has 4 rings (SSSR count). The number of nitrogens with zero attached hydrogens (tertiary/aromatic N) is 2. The van der Waals surface area contributed by atoms with Crippen molar-refractivity contribution in [1.29, 1.82) is 0 Å². The fourth-order valence-corrected chi connectivity index (χ4v) is 3.41. The number of benzene rings is 2. The van der Waals surface area contributed by atoms with E-state index in [4.69, 9.17) is 20.8 Å². The molecular weight excluding hydrogens is 371 g/mol. The first-order valence-electron chi connectivity index (χ1n) is 8.81. The summed E-state index contributed by atoms with van der Waals surface area (Å²) >= 11 is 5.72. The first-order valence-corrected chi connectivity index (χ1v) is 9.19. The predicted octanol–water partition coefficient (Wildman–Crippen LogP) is 4.41. The summed E-state index contributed by atoms with van der Waals surface area (Å²) in [7, 11) is 0. The Kier molecular flexibility index (Phi) is 4.99. The Labute approximate surface area is 160 Å². The molecule has 1 aliphatic rings. The van der Waals surface area contributed by atoms with Gasteiger partial charge < -0.3 is 14.1 Å². The van der Waals surface area contributed by atoms with Crippen molar-refractivity contribution in [3.05, 3.63) is 59.2 Å². The number of piperidine rings is 1. The Hall–Kier alpha value is -2.60. The standard InChI is InChI=1S/C20H18ClFN2O3/c21-15-11-14(5-6-16(15)22)26-12-19(25)24-9-7-13(8-10-24)20-23-17-3-1-2-4-18(17)27-20/h1-6,11,13H,7-10,12H2. The van der Waals surface area contributed by atoms with Crippen LogP contribution in [0.25, 0.3) is 11.1 Å². The van der Waals surface area contributed by atoms with E-state index in [2.05, 4.69) is 4.98 Å². The molecule has 140 valence electrons. The Morgan fingerprint density at radius 2 is 2.04 bits per heavy atom. The summed E-state index contributed by atoms with van der Waals surface area (Å²) in [4.78, 5) is 18.7. The van der Waals surface area contributed by atoms with Crippen molar-refractivity contribution >= 4 is 28.6 Å². The summed E-state index contributed by atoms with van der Waals surface area (Å²) in [5.41, 5.74) is 1.65. The first-order chi connectivity index (χ1) is 13.1. The van der Waals surface area contributed by atoms with E-state index in [-0.39, 0.29) is 23.5 Å². The van der Waals surface area contributed by atoms with Crippen LogP contribution in [0.5, 0.6) is 5.75 Å². The Morgan fingerprint density at radius 1 is 1.26 bits per heavy atom. The third-order valence-electron chi connectivity index (χ3n) is 4.76. The molecule has 1 aliphatic heterocycles. The molecule has 0 atom stereocenters. The van der Waals surface area contributed by atoms with E-state index >= 15 is 0 Å². The van der Waals surface area contributed by atoms with Crippen LogP contribution in [0, 0.1) is 5.82 Å². The zero-order valence-corrected chi connectivity index (χ0v) is 15.3. The minimum absolute atomic E-state index is 0.0286. The lowest BCUT2D eigenvalue weighted by molar-refractivity contribution is -0.134. The zero-order chi connectivity index (χ0) is 18.8. The average molecular weight is 389 g/mol. The number of hydrogen-bond acceptors (Lipinski definition) is 4. The number of amides is 1. The molecule has 7 heteroatoms. The topological polar surface area (TPSA) is 55.6 Å². The van der Waals surface area contributed by atoms with Gasteiger partial charge >= 0.3 is 0 Å². The lowest BCUT2D eigenvalue weighted by Crippen LogP contribution is -2.40. The summed E-state index contributed by atoms with van der Waals surface area (Å²) in [6.07, 6.45) is 1.59. The lowest BCUT2D eigenvalue weighted by Gasteiger charge is -2.30. The van der Waals surface area contributed by atoms with Crippen molar-refractivity contribution in [2.45, 2.75) is 18.8 Å². The van der Waals surface area contributed by atoms with E-state index in [9.17, 15) is 9.18 Å². The summed E-state index contributed by atoms with van der Waals surface area (Å²) in [6.45, 7) is 1.14. The molecule has 2 aromatic carbocycles. The van der Waals surface area contributed by atoms with E-state index in [1.54, 1.807) is 4.90 Å². The molecule has 1 fully saturated rings. The summed E-state index contributed by atoms with van der Waals surface area (Å²) in [5.74, 6) is 0.693. The minimum atomic E-state index is -0.517. The van der Waals surface area contributed by atoms with E-state index in [1.807, 2.05) is 24.3 Å². The highest BCUT2D eigenvalue weighted by molar-refractivity contribution is 6.30. The van der Waals surface area contributed by atoms with Crippen LogP contribution in [0.3, 0.4) is 0 Å². The molecule has 0 spiro atoms. The third kappa shape index (κ3) is 3.90. The van der Waals surface area contributed by atoms with Crippen molar-refractivity contribution < 1.29 is 18.3 Å². The molecule has 0 radical (unpaired) electrons. The maximum absolute atomic E-state index is 13.2. The van der Waals surface area contributed by atoms with Gasteiger partial charge in [0.05, 0.1) is 5.02 Å². The molecule has 3 aromatic rings. The second-order valence-electron chi connectivity index (χ2n) is 6.54. The highest BCUT2D eigenvalue weighted by Crippen LogP contribution is 2.30. The fraction of sp³-hybridized carbons (Fsp3) is 0.300. The Balaban J connectivity index is 1.31. The summed E-state index contributed by atoms with van der Waals surface area (Å²) < 4.78 is 24.4. The number of halogens is 2. The van der Waals surface area contributed by atoms with Crippen LogP contribution < -0.4 is 4.74 Å². The maximum Gasteiger partial charge on any atom is 0.260 e. The van der Waals surface area contributed by atoms with Gasteiger partial charge in [-0.25, -0.2) is 9.37 Å². The number of carbonyl (C=O) groups is 1. The second-order valence-corrected chi connectivity index (χ2v) is 6.95. The van der Waals surface area contributed by atoms with Crippen LogP contribution in [0.4, 0.5) is 4.39 Å². The van der Waals surface area contributed by atoms with Crippen LogP contribution in [0.2, 0.25) is 5.02 Å². The molecule has 5 nitrogen and oxygen atoms in total. The number of fused-ring (bicyclic) bond motifs is 1. The molecule has 27 heavy (non-hydrogen) atoms. The van der Waals surface area contributed by atoms with E-state index in [0.717, 1.165) is 29.8 Å². The van der Waals surface area contributed by atoms with Gasteiger partial charge in [0.1, 0.15) is 17.1 Å². The Bertz CT molecular complexity index is 934. The number of ether oxygens (including phenoxy) is 1. The van der Waals surface area contributed by atoms with Gasteiger partial charge in [-0.05, 0) is 37.1 Å². The van der Waals surface area contributed by atoms with Crippen LogP contribution in [0.1, 0.15) is 24.7 Å². The highest BCUT2D eigenvalue weighted by Gasteiger charge is 2.27. The molecule has 0 aliphatic carbocycles. The van der Waals surface area contributed by atoms with Crippen molar-refractivity contribution in [3.63, 3.8) is 0 Å². The molecule has 0 N–H and O–H groups in total. The first kappa shape index (κ1) is 17.8. The highest BCUT2D eigenvalue weighted by atomic mass is 35.5. The van der Waals surface area contributed by atoms with Crippen molar-refractivity contribution in [2.24, 2.45) is 0 Å². The SMILES string of the molecule is O=C(COc1ccc(F)c(Cl)c1)N1CCC(c2nc3ccccc3o2)CC1. The molecule has 1 saturated heterocycles. The number of aromatic nitrogens is 1. The van der Waals surface area contributed by atoms with E-state index in [1.165, 1.54) is 18.2 Å². The molecular formula is C20H18ClFN2O3. The minimum Gasteiger partial charge on any atom is -0.484 e. The number of likely N-dealkylation sites (tertiary alicyclic amines) is 1. The van der Waals surface area contributed by atoms with Crippen LogP contribution in [0.15, 0.2) is 46.9 Å². The van der Waals surface area contributed by atoms with Crippen molar-refractivity contribution in [3.8, 4) is 5.75 Å². The normalized spacial score (nSPS) is 15.3. The number of hydrogen-bond donors (Lipinski definition) is 0. The smallest absolute Gasteiger partial charge is 0.260 e. The molecule has 0 bridgehead atoms. The number of para-hydroxylation sites is 2. The van der Waals surface area contributed by atoms with Crippen LogP contribution in [-0.2, 0) is 4.79 Å². The van der Waals surface area contributed by atoms with Gasteiger partial charge in [-0.2, -0.15) is 0 Å². The quantitative estimate of drug-likeness (QED) is 0.664. The third-order valence-corrected chi connectivity index (χ3v) is 5.05. The van der Waals surface area contributed by atoms with Crippen LogP contribution in [-0.4, -0.2) is 35.5 Å². The second kappa shape index (κ2) is 7.56. The summed E-state index contributed by atoms with van der Waals surface area (Å²) in [6, 6.07) is 11.7. The van der Waals surface area contributed by atoms with Crippen molar-refractivity contribution in [2.75, 3.05) is 19.7 Å². The largest absolute Gasteiger partial charge is 0.484 e. The van der Waals surface area contributed by atoms with Gasteiger partial charge in [0, 0.05) is 25.1 Å². The number of carbonyl (C=O) groups excluding carboxylic acids is 1. The summed E-state index contributed by atoms with van der Waals surface area (Å²) in [5, 5.41) is -0.0286. The fourth-order valence-electron chi connectivity index (χ4n) is 3.24. The Morgan fingerprint density at radius 3 is 2.78 bits per heavy atom.